The minimum atomic E-state index is 0.0399. The Balaban J connectivity index is 1.22. The fourth-order valence-corrected chi connectivity index (χ4v) is 4.81. The number of fused-ring (bicyclic) bond motifs is 1. The number of hydrogen-bond acceptors (Lipinski definition) is 5. The molecule has 1 aromatic carbocycles. The lowest BCUT2D eigenvalue weighted by molar-refractivity contribution is 0.0759. The van der Waals surface area contributed by atoms with Gasteiger partial charge in [-0.25, -0.2) is 4.52 Å². The molecule has 0 N–H and O–H groups in total. The molecule has 0 spiro atoms. The molecule has 1 saturated heterocycles. The Morgan fingerprint density at radius 3 is 2.83 bits per heavy atom. The molecule has 1 fully saturated rings. The summed E-state index contributed by atoms with van der Waals surface area (Å²) in [7, 11) is 1.59. The van der Waals surface area contributed by atoms with Crippen LogP contribution < -0.4 is 9.47 Å². The maximum Gasteiger partial charge on any atom is 0.253 e. The van der Waals surface area contributed by atoms with Crippen molar-refractivity contribution in [1.82, 2.24) is 19.5 Å². The predicted octanol–water partition coefficient (Wildman–Crippen LogP) is 4.80. The number of carbonyl (C=O) groups is 1. The molecule has 1 aliphatic rings. The first-order valence-corrected chi connectivity index (χ1v) is 12.1. The van der Waals surface area contributed by atoms with Gasteiger partial charge >= 0.3 is 0 Å². The lowest BCUT2D eigenvalue weighted by atomic mass is 9.92. The van der Waals surface area contributed by atoms with Crippen molar-refractivity contribution in [3.63, 3.8) is 0 Å². The molecule has 0 unspecified atom stereocenters. The molecular weight excluding hydrogens is 440 g/mol. The van der Waals surface area contributed by atoms with E-state index in [0.29, 0.717) is 29.6 Å². The van der Waals surface area contributed by atoms with E-state index in [1.807, 2.05) is 52.1 Å². The molecule has 0 radical (unpaired) electrons. The molecule has 0 aliphatic carbocycles. The highest BCUT2D eigenvalue weighted by atomic mass is 16.5. The van der Waals surface area contributed by atoms with E-state index >= 15 is 0 Å². The van der Waals surface area contributed by atoms with E-state index < -0.39 is 0 Å². The molecule has 4 aromatic rings. The SMILES string of the molecule is COc1cc(C(=O)N2CCC[C@@H](Cc3cccn4nccc34)CC2)ccc1OCc1ccccn1. The second kappa shape index (κ2) is 10.6. The van der Waals surface area contributed by atoms with Crippen LogP contribution in [-0.2, 0) is 13.0 Å². The molecule has 1 atom stereocenters. The van der Waals surface area contributed by atoms with Crippen molar-refractivity contribution in [3.05, 3.63) is 90.0 Å². The fraction of sp³-hybridized carbons (Fsp3) is 0.321. The highest BCUT2D eigenvalue weighted by Gasteiger charge is 2.23. The van der Waals surface area contributed by atoms with Gasteiger partial charge in [-0.15, -0.1) is 0 Å². The third-order valence-electron chi connectivity index (χ3n) is 6.68. The summed E-state index contributed by atoms with van der Waals surface area (Å²) < 4.78 is 13.3. The number of nitrogens with zero attached hydrogens (tertiary/aromatic N) is 4. The highest BCUT2D eigenvalue weighted by molar-refractivity contribution is 5.95. The van der Waals surface area contributed by atoms with Crippen LogP contribution in [0.2, 0.25) is 0 Å². The Morgan fingerprint density at radius 1 is 1.03 bits per heavy atom. The number of likely N-dealkylation sites (tertiary alicyclic amines) is 1. The molecule has 4 heterocycles. The number of rotatable bonds is 7. The smallest absolute Gasteiger partial charge is 0.253 e. The fourth-order valence-electron chi connectivity index (χ4n) is 4.81. The molecule has 5 rings (SSSR count). The van der Waals surface area contributed by atoms with E-state index in [1.54, 1.807) is 19.4 Å². The number of carbonyl (C=O) groups excluding carboxylic acids is 1. The Labute approximate surface area is 205 Å². The van der Waals surface area contributed by atoms with Crippen LogP contribution in [-0.4, -0.2) is 45.6 Å². The Kier molecular flexibility index (Phi) is 6.93. The van der Waals surface area contributed by atoms with Gasteiger partial charge in [0.2, 0.25) is 0 Å². The van der Waals surface area contributed by atoms with Crippen LogP contribution in [0.3, 0.4) is 0 Å². The van der Waals surface area contributed by atoms with Crippen LogP contribution in [0, 0.1) is 5.92 Å². The van der Waals surface area contributed by atoms with Crippen molar-refractivity contribution >= 4 is 11.4 Å². The standard InChI is InChI=1S/C28H30N4O3/c1-34-27-19-23(9-10-26(27)35-20-24-8-2-3-13-29-24)28(33)31-15-4-6-21(12-17-31)18-22-7-5-16-32-25(22)11-14-30-32/h2-3,5,7-11,13-14,16,19,21H,4,6,12,15,17-18,20H2,1H3/t21-/m1/s1. The van der Waals surface area contributed by atoms with Crippen LogP contribution in [0.5, 0.6) is 11.5 Å². The molecule has 7 heteroatoms. The summed E-state index contributed by atoms with van der Waals surface area (Å²) in [6, 6.07) is 17.4. The molecule has 1 aliphatic heterocycles. The number of aromatic nitrogens is 3. The summed E-state index contributed by atoms with van der Waals surface area (Å²) in [5.41, 5.74) is 3.94. The zero-order valence-electron chi connectivity index (χ0n) is 20.0. The maximum atomic E-state index is 13.3. The van der Waals surface area contributed by atoms with Crippen molar-refractivity contribution < 1.29 is 14.3 Å². The van der Waals surface area contributed by atoms with Gasteiger partial charge in [-0.3, -0.25) is 9.78 Å². The molecule has 0 bridgehead atoms. The third-order valence-corrected chi connectivity index (χ3v) is 6.68. The van der Waals surface area contributed by atoms with Gasteiger partial charge in [0.25, 0.3) is 5.91 Å². The van der Waals surface area contributed by atoms with E-state index in [4.69, 9.17) is 9.47 Å². The first kappa shape index (κ1) is 22.9. The van der Waals surface area contributed by atoms with Crippen LogP contribution in [0.1, 0.15) is 40.9 Å². The monoisotopic (exact) mass is 470 g/mol. The first-order chi connectivity index (χ1) is 17.2. The predicted molar refractivity (Wildman–Crippen MR) is 134 cm³/mol. The van der Waals surface area contributed by atoms with E-state index in [-0.39, 0.29) is 5.91 Å². The molecule has 35 heavy (non-hydrogen) atoms. The average Bonchev–Trinajstić information content (AvgIpc) is 3.27. The van der Waals surface area contributed by atoms with Crippen LogP contribution >= 0.6 is 0 Å². The van der Waals surface area contributed by atoms with Crippen molar-refractivity contribution in [2.24, 2.45) is 5.92 Å². The zero-order valence-corrected chi connectivity index (χ0v) is 20.0. The minimum Gasteiger partial charge on any atom is -0.493 e. The van der Waals surface area contributed by atoms with E-state index in [1.165, 1.54) is 11.1 Å². The molecule has 180 valence electrons. The van der Waals surface area contributed by atoms with Gasteiger partial charge in [-0.2, -0.15) is 5.10 Å². The van der Waals surface area contributed by atoms with Gasteiger partial charge in [0.1, 0.15) is 6.61 Å². The van der Waals surface area contributed by atoms with Crippen LogP contribution in [0.15, 0.2) is 73.2 Å². The van der Waals surface area contributed by atoms with E-state index in [9.17, 15) is 4.79 Å². The Morgan fingerprint density at radius 2 is 1.97 bits per heavy atom. The number of ether oxygens (including phenoxy) is 2. The van der Waals surface area contributed by atoms with Crippen molar-refractivity contribution in [2.75, 3.05) is 20.2 Å². The average molecular weight is 471 g/mol. The highest BCUT2D eigenvalue weighted by Crippen LogP contribution is 2.30. The van der Waals surface area contributed by atoms with Crippen LogP contribution in [0.4, 0.5) is 0 Å². The normalized spacial score (nSPS) is 16.1. The second-order valence-electron chi connectivity index (χ2n) is 8.96. The molecule has 7 nitrogen and oxygen atoms in total. The summed E-state index contributed by atoms with van der Waals surface area (Å²) in [5.74, 6) is 1.73. The van der Waals surface area contributed by atoms with Gasteiger partial charge in [0.05, 0.1) is 18.3 Å². The maximum absolute atomic E-state index is 13.3. The topological polar surface area (TPSA) is 69.0 Å². The lowest BCUT2D eigenvalue weighted by Gasteiger charge is -2.21. The zero-order chi connectivity index (χ0) is 24.0. The molecule has 3 aromatic heterocycles. The molecule has 0 saturated carbocycles. The van der Waals surface area contributed by atoms with Gasteiger partial charge in [0, 0.05) is 37.2 Å². The van der Waals surface area contributed by atoms with E-state index in [0.717, 1.165) is 44.5 Å². The number of methoxy groups -OCH3 is 1. The number of pyridine rings is 2. The lowest BCUT2D eigenvalue weighted by Crippen LogP contribution is -2.32. The molecular formula is C28H30N4O3. The van der Waals surface area contributed by atoms with Gasteiger partial charge in [0.15, 0.2) is 11.5 Å². The number of hydrogen-bond donors (Lipinski definition) is 0. The van der Waals surface area contributed by atoms with E-state index in [2.05, 4.69) is 28.3 Å². The summed E-state index contributed by atoms with van der Waals surface area (Å²) in [5, 5.41) is 4.35. The third kappa shape index (κ3) is 5.29. The largest absolute Gasteiger partial charge is 0.493 e. The second-order valence-corrected chi connectivity index (χ2v) is 8.96. The summed E-state index contributed by atoms with van der Waals surface area (Å²) in [4.78, 5) is 19.6. The van der Waals surface area contributed by atoms with Gasteiger partial charge in [-0.05, 0) is 79.6 Å². The van der Waals surface area contributed by atoms with Gasteiger partial charge < -0.3 is 14.4 Å². The first-order valence-electron chi connectivity index (χ1n) is 12.1. The Hall–Kier alpha value is -3.87. The van der Waals surface area contributed by atoms with Crippen molar-refractivity contribution in [2.45, 2.75) is 32.3 Å². The molecule has 1 amide bonds. The minimum absolute atomic E-state index is 0.0399. The quantitative estimate of drug-likeness (QED) is 0.388. The number of amides is 1. The van der Waals surface area contributed by atoms with Crippen LogP contribution in [0.25, 0.3) is 5.52 Å². The number of benzene rings is 1. The summed E-state index contributed by atoms with van der Waals surface area (Å²) >= 11 is 0. The van der Waals surface area contributed by atoms with Crippen molar-refractivity contribution in [1.29, 1.82) is 0 Å². The van der Waals surface area contributed by atoms with Crippen molar-refractivity contribution in [3.8, 4) is 11.5 Å². The summed E-state index contributed by atoms with van der Waals surface area (Å²) in [6.07, 6.45) is 9.67. The Bertz CT molecular complexity index is 1290. The van der Waals surface area contributed by atoms with Gasteiger partial charge in [-0.1, -0.05) is 12.1 Å². The summed E-state index contributed by atoms with van der Waals surface area (Å²) in [6.45, 7) is 1.86.